The minimum Gasteiger partial charge on any atom is -0.282 e. The highest BCUT2D eigenvalue weighted by Gasteiger charge is 2.44. The van der Waals surface area contributed by atoms with Crippen LogP contribution in [0.3, 0.4) is 0 Å². The predicted octanol–water partition coefficient (Wildman–Crippen LogP) is -1.68. The molecule has 0 saturated heterocycles. The minimum absolute atomic E-state index is 0.0654. The first-order valence-electron chi connectivity index (χ1n) is 7.23. The van der Waals surface area contributed by atoms with E-state index in [0.717, 1.165) is 0 Å². The Balaban J connectivity index is 4.01. The summed E-state index contributed by atoms with van der Waals surface area (Å²) in [6, 6.07) is -0.131. The van der Waals surface area contributed by atoms with Gasteiger partial charge in [0.05, 0.1) is 0 Å². The third-order valence-corrected chi connectivity index (χ3v) is 9.67. The van der Waals surface area contributed by atoms with Gasteiger partial charge in [0.1, 0.15) is 29.4 Å². The van der Waals surface area contributed by atoms with Crippen molar-refractivity contribution in [2.75, 3.05) is 0 Å². The molecule has 0 radical (unpaired) electrons. The van der Waals surface area contributed by atoms with Crippen LogP contribution in [0.2, 0.25) is 0 Å². The van der Waals surface area contributed by atoms with Gasteiger partial charge in [-0.1, -0.05) is 0 Å². The molecule has 2 rings (SSSR count). The number of benzene rings is 2. The van der Waals surface area contributed by atoms with Gasteiger partial charge in [-0.25, -0.2) is 0 Å². The van der Waals surface area contributed by atoms with E-state index in [4.69, 9.17) is 0 Å². The normalized spacial score (nSPS) is 14.4. The van der Waals surface area contributed by atoms with E-state index in [0.29, 0.717) is 0 Å². The first-order chi connectivity index (χ1) is 14.7. The second kappa shape index (κ2) is 7.83. The molecule has 0 heterocycles. The molecule has 2 aromatic carbocycles. The van der Waals surface area contributed by atoms with Gasteiger partial charge in [0.15, 0.2) is 0 Å². The maximum atomic E-state index is 12.0. The van der Waals surface area contributed by atoms with Crippen LogP contribution >= 0.6 is 0 Å². The Hall–Kier alpha value is -1.84. The number of fused-ring (bicyclic) bond motifs is 1. The van der Waals surface area contributed by atoms with Crippen LogP contribution in [0.1, 0.15) is 0 Å². The third kappa shape index (κ3) is 5.06. The molecular formula is C10H8O18S6. The first kappa shape index (κ1) is 28.4. The predicted molar refractivity (Wildman–Crippen MR) is 103 cm³/mol. The van der Waals surface area contributed by atoms with Crippen LogP contribution in [0.15, 0.2) is 41.5 Å². The van der Waals surface area contributed by atoms with Crippen LogP contribution in [0.25, 0.3) is 10.8 Å². The van der Waals surface area contributed by atoms with Gasteiger partial charge >= 0.3 is 0 Å². The van der Waals surface area contributed by atoms with Crippen molar-refractivity contribution in [1.82, 2.24) is 0 Å². The molecule has 192 valence electrons. The number of hydrogen-bond donors (Lipinski definition) is 6. The Morgan fingerprint density at radius 3 is 0.706 bits per heavy atom. The van der Waals surface area contributed by atoms with Gasteiger partial charge in [0, 0.05) is 10.8 Å². The Labute approximate surface area is 190 Å². The van der Waals surface area contributed by atoms with Crippen molar-refractivity contribution in [3.05, 3.63) is 12.1 Å². The zero-order chi connectivity index (χ0) is 27.0. The minimum atomic E-state index is -6.46. The van der Waals surface area contributed by atoms with E-state index >= 15 is 0 Å². The van der Waals surface area contributed by atoms with E-state index in [1.54, 1.807) is 0 Å². The summed E-state index contributed by atoms with van der Waals surface area (Å²) < 4.78 is 199. The molecule has 0 atom stereocenters. The molecule has 0 unspecified atom stereocenters. The molecule has 6 N–H and O–H groups in total. The Morgan fingerprint density at radius 2 is 0.559 bits per heavy atom. The summed E-state index contributed by atoms with van der Waals surface area (Å²) in [5, 5.41) is -4.29. The lowest BCUT2D eigenvalue weighted by atomic mass is 10.1. The fourth-order valence-corrected chi connectivity index (χ4v) is 9.36. The van der Waals surface area contributed by atoms with E-state index in [2.05, 4.69) is 0 Å². The molecule has 0 aliphatic rings. The second-order valence-electron chi connectivity index (χ2n) is 5.98. The molecule has 0 amide bonds. The average molecular weight is 609 g/mol. The van der Waals surface area contributed by atoms with E-state index in [-0.39, 0.29) is 12.1 Å². The van der Waals surface area contributed by atoms with Gasteiger partial charge in [-0.05, 0) is 12.1 Å². The van der Waals surface area contributed by atoms with Crippen molar-refractivity contribution >= 4 is 71.5 Å². The van der Waals surface area contributed by atoms with Crippen molar-refractivity contribution in [3.8, 4) is 0 Å². The van der Waals surface area contributed by atoms with Crippen molar-refractivity contribution in [2.45, 2.75) is 29.4 Å². The molecule has 18 nitrogen and oxygen atoms in total. The lowest BCUT2D eigenvalue weighted by Crippen LogP contribution is -2.21. The summed E-state index contributed by atoms with van der Waals surface area (Å²) in [4.78, 5) is -14.6. The van der Waals surface area contributed by atoms with Crippen LogP contribution in [-0.4, -0.2) is 77.8 Å². The van der Waals surface area contributed by atoms with Crippen LogP contribution in [0, 0.1) is 0 Å². The average Bonchev–Trinajstić information content (AvgIpc) is 2.52. The Morgan fingerprint density at radius 1 is 0.353 bits per heavy atom. The maximum Gasteiger partial charge on any atom is 0.297 e. The fraction of sp³-hybridized carbons (Fsp3) is 0. The second-order valence-corrected chi connectivity index (χ2v) is 14.2. The van der Waals surface area contributed by atoms with Crippen LogP contribution < -0.4 is 0 Å². The van der Waals surface area contributed by atoms with E-state index in [9.17, 15) is 77.8 Å². The molecular weight excluding hydrogens is 600 g/mol. The van der Waals surface area contributed by atoms with Gasteiger partial charge in [0.2, 0.25) is 0 Å². The lowest BCUT2D eigenvalue weighted by molar-refractivity contribution is 0.448. The molecule has 0 aliphatic heterocycles. The van der Waals surface area contributed by atoms with E-state index in [1.807, 2.05) is 0 Å². The third-order valence-electron chi connectivity index (χ3n) is 3.79. The quantitative estimate of drug-likeness (QED) is 0.199. The van der Waals surface area contributed by atoms with Crippen molar-refractivity contribution in [2.24, 2.45) is 0 Å². The van der Waals surface area contributed by atoms with Crippen LogP contribution in [0.5, 0.6) is 0 Å². The summed E-state index contributed by atoms with van der Waals surface area (Å²) in [6.07, 6.45) is 0. The van der Waals surface area contributed by atoms with Crippen molar-refractivity contribution < 1.29 is 77.8 Å². The molecule has 34 heavy (non-hydrogen) atoms. The zero-order valence-electron chi connectivity index (χ0n) is 15.2. The topological polar surface area (TPSA) is 326 Å². The van der Waals surface area contributed by atoms with Crippen LogP contribution in [0.4, 0.5) is 0 Å². The lowest BCUT2D eigenvalue weighted by Gasteiger charge is -2.19. The van der Waals surface area contributed by atoms with Crippen molar-refractivity contribution in [1.29, 1.82) is 0 Å². The molecule has 0 fully saturated rings. The van der Waals surface area contributed by atoms with Gasteiger partial charge in [0.25, 0.3) is 60.7 Å². The SMILES string of the molecule is O=S(=O)(O)c1c(S(=O)(=O)O)c(S(=O)(=O)O)c2c(S(=O)(=O)O)ccc(S(=O)(=O)O)c2c1S(=O)(=O)O. The van der Waals surface area contributed by atoms with E-state index < -0.39 is 101 Å². The highest BCUT2D eigenvalue weighted by Crippen LogP contribution is 2.45. The highest BCUT2D eigenvalue weighted by atomic mass is 32.2. The first-order valence-corrected chi connectivity index (χ1v) is 15.9. The molecule has 0 saturated carbocycles. The van der Waals surface area contributed by atoms with Gasteiger partial charge in [-0.3, -0.25) is 27.3 Å². The molecule has 2 aromatic rings. The smallest absolute Gasteiger partial charge is 0.282 e. The molecule has 0 spiro atoms. The van der Waals surface area contributed by atoms with Gasteiger partial charge in [-0.15, -0.1) is 0 Å². The summed E-state index contributed by atoms with van der Waals surface area (Å²) in [6.45, 7) is 0. The summed E-state index contributed by atoms with van der Waals surface area (Å²) in [7, 11) is -37.4. The maximum absolute atomic E-state index is 12.0. The Kier molecular flexibility index (Phi) is 6.54. The molecule has 24 heteroatoms. The summed E-state index contributed by atoms with van der Waals surface area (Å²) >= 11 is 0. The Bertz CT molecular complexity index is 1770. The highest BCUT2D eigenvalue weighted by molar-refractivity contribution is 7.92. The van der Waals surface area contributed by atoms with E-state index in [1.165, 1.54) is 0 Å². The van der Waals surface area contributed by atoms with Crippen molar-refractivity contribution in [3.63, 3.8) is 0 Å². The molecule has 0 bridgehead atoms. The summed E-state index contributed by atoms with van der Waals surface area (Å²) in [5.74, 6) is 0. The number of hydrogen-bond acceptors (Lipinski definition) is 12. The van der Waals surface area contributed by atoms with Crippen LogP contribution in [-0.2, 0) is 60.7 Å². The standard InChI is InChI=1S/C10H8O18S6/c11-29(12,13)3-1-2-4(30(14,15)16)6-5(3)7(31(17,18)19)9(33(23,24)25)10(34(26,27)28)8(6)32(20,21)22/h1-2H,(H,11,12,13)(H,14,15,16)(H,17,18,19)(H,20,21,22)(H,23,24,25)(H,26,27,28). The monoisotopic (exact) mass is 608 g/mol. The largest absolute Gasteiger partial charge is 0.297 e. The van der Waals surface area contributed by atoms with Gasteiger partial charge < -0.3 is 0 Å². The molecule has 0 aromatic heterocycles. The fourth-order valence-electron chi connectivity index (χ4n) is 2.84. The summed E-state index contributed by atoms with van der Waals surface area (Å²) in [5.41, 5.74) is 0. The number of rotatable bonds is 6. The molecule has 0 aliphatic carbocycles. The zero-order valence-corrected chi connectivity index (χ0v) is 20.1. The van der Waals surface area contributed by atoms with Gasteiger partial charge in [-0.2, -0.15) is 50.5 Å².